The predicted octanol–water partition coefficient (Wildman–Crippen LogP) is 4.97. The molecule has 2 aromatic heterocycles. The van der Waals surface area contributed by atoms with Crippen LogP contribution in [0.25, 0.3) is 21.8 Å². The zero-order valence-corrected chi connectivity index (χ0v) is 15.7. The van der Waals surface area contributed by atoms with E-state index in [-0.39, 0.29) is 20.7 Å². The summed E-state index contributed by atoms with van der Waals surface area (Å²) >= 11 is 14.0. The van der Waals surface area contributed by atoms with Gasteiger partial charge in [0.25, 0.3) is 0 Å². The number of benzene rings is 1. The van der Waals surface area contributed by atoms with Crippen LogP contribution < -0.4 is 0 Å². The van der Waals surface area contributed by atoms with E-state index >= 15 is 0 Å². The molecule has 3 aromatic rings. The van der Waals surface area contributed by atoms with Crippen LogP contribution in [0.4, 0.5) is 0 Å². The standard InChI is InChI=1S/C16H12Cl2N2O2S2/c1-2-24(21,22)13-4-3-11(14(17)15(13)18)12-9-23-16(20-12)10-5-7-19-8-6-10/h3-9H,2H2,1H3. The molecule has 0 bridgehead atoms. The molecule has 124 valence electrons. The number of hydrogen-bond acceptors (Lipinski definition) is 5. The van der Waals surface area contributed by atoms with Crippen molar-refractivity contribution in [3.63, 3.8) is 0 Å². The summed E-state index contributed by atoms with van der Waals surface area (Å²) in [6.07, 6.45) is 3.40. The van der Waals surface area contributed by atoms with E-state index in [2.05, 4.69) is 9.97 Å². The number of pyridine rings is 1. The number of nitrogens with zero attached hydrogens (tertiary/aromatic N) is 2. The summed E-state index contributed by atoms with van der Waals surface area (Å²) in [5.41, 5.74) is 2.21. The molecule has 0 spiro atoms. The van der Waals surface area contributed by atoms with Gasteiger partial charge in [-0.25, -0.2) is 13.4 Å². The average Bonchev–Trinajstić information content (AvgIpc) is 3.07. The van der Waals surface area contributed by atoms with Gasteiger partial charge in [0.05, 0.1) is 26.4 Å². The normalized spacial score (nSPS) is 11.6. The number of rotatable bonds is 4. The molecule has 3 rings (SSSR count). The Bertz CT molecular complexity index is 987. The lowest BCUT2D eigenvalue weighted by atomic mass is 10.2. The quantitative estimate of drug-likeness (QED) is 0.621. The molecule has 0 atom stereocenters. The van der Waals surface area contributed by atoms with Gasteiger partial charge in [0.2, 0.25) is 0 Å². The Balaban J connectivity index is 2.06. The zero-order chi connectivity index (χ0) is 17.3. The molecule has 0 unspecified atom stereocenters. The molecule has 0 aliphatic heterocycles. The van der Waals surface area contributed by atoms with Crippen LogP contribution in [0.2, 0.25) is 10.0 Å². The molecular weight excluding hydrogens is 387 g/mol. The van der Waals surface area contributed by atoms with E-state index in [4.69, 9.17) is 23.2 Å². The topological polar surface area (TPSA) is 59.9 Å². The van der Waals surface area contributed by atoms with Crippen molar-refractivity contribution >= 4 is 44.4 Å². The molecule has 0 fully saturated rings. The first-order chi connectivity index (χ1) is 11.4. The molecule has 0 saturated carbocycles. The second-order valence-corrected chi connectivity index (χ2v) is 8.78. The van der Waals surface area contributed by atoms with Gasteiger partial charge in [-0.2, -0.15) is 0 Å². The van der Waals surface area contributed by atoms with E-state index < -0.39 is 9.84 Å². The van der Waals surface area contributed by atoms with Gasteiger partial charge in [0.15, 0.2) is 9.84 Å². The Morgan fingerprint density at radius 3 is 2.46 bits per heavy atom. The van der Waals surface area contributed by atoms with Gasteiger partial charge in [-0.05, 0) is 24.3 Å². The van der Waals surface area contributed by atoms with Gasteiger partial charge >= 0.3 is 0 Å². The lowest BCUT2D eigenvalue weighted by Gasteiger charge is -2.09. The molecule has 1 aromatic carbocycles. The van der Waals surface area contributed by atoms with E-state index in [0.29, 0.717) is 11.3 Å². The Morgan fingerprint density at radius 1 is 1.08 bits per heavy atom. The molecule has 0 N–H and O–H groups in total. The summed E-state index contributed by atoms with van der Waals surface area (Å²) in [7, 11) is -3.43. The average molecular weight is 399 g/mol. The number of hydrogen-bond donors (Lipinski definition) is 0. The van der Waals surface area contributed by atoms with Crippen LogP contribution in [-0.2, 0) is 9.84 Å². The molecule has 0 aliphatic rings. The molecule has 0 amide bonds. The Hall–Kier alpha value is -1.47. The van der Waals surface area contributed by atoms with Gasteiger partial charge in [-0.3, -0.25) is 4.98 Å². The smallest absolute Gasteiger partial charge is 0.179 e. The third kappa shape index (κ3) is 3.19. The van der Waals surface area contributed by atoms with Crippen molar-refractivity contribution in [2.45, 2.75) is 11.8 Å². The van der Waals surface area contributed by atoms with Crippen LogP contribution in [0.1, 0.15) is 6.92 Å². The highest BCUT2D eigenvalue weighted by Crippen LogP contribution is 2.39. The van der Waals surface area contributed by atoms with Crippen LogP contribution >= 0.6 is 34.5 Å². The van der Waals surface area contributed by atoms with E-state index in [1.165, 1.54) is 17.4 Å². The maximum atomic E-state index is 12.0. The van der Waals surface area contributed by atoms with Crippen LogP contribution in [0.3, 0.4) is 0 Å². The lowest BCUT2D eigenvalue weighted by molar-refractivity contribution is 0.597. The van der Waals surface area contributed by atoms with Gasteiger partial charge < -0.3 is 0 Å². The van der Waals surface area contributed by atoms with Crippen molar-refractivity contribution in [2.24, 2.45) is 0 Å². The lowest BCUT2D eigenvalue weighted by Crippen LogP contribution is -2.04. The third-order valence-electron chi connectivity index (χ3n) is 3.47. The summed E-state index contributed by atoms with van der Waals surface area (Å²) in [5.74, 6) is -0.0364. The predicted molar refractivity (Wildman–Crippen MR) is 98.5 cm³/mol. The van der Waals surface area contributed by atoms with Crippen molar-refractivity contribution in [3.05, 3.63) is 52.1 Å². The fraction of sp³-hybridized carbons (Fsp3) is 0.125. The van der Waals surface area contributed by atoms with Crippen molar-refractivity contribution in [1.29, 1.82) is 0 Å². The highest BCUT2D eigenvalue weighted by Gasteiger charge is 2.21. The molecular formula is C16H12Cl2N2O2S2. The maximum absolute atomic E-state index is 12.0. The monoisotopic (exact) mass is 398 g/mol. The number of aromatic nitrogens is 2. The largest absolute Gasteiger partial charge is 0.265 e. The number of thiazole rings is 1. The summed E-state index contributed by atoms with van der Waals surface area (Å²) < 4.78 is 24.1. The zero-order valence-electron chi connectivity index (χ0n) is 12.5. The molecule has 0 aliphatic carbocycles. The van der Waals surface area contributed by atoms with Crippen LogP contribution in [0.15, 0.2) is 46.9 Å². The molecule has 2 heterocycles. The van der Waals surface area contributed by atoms with E-state index in [1.807, 2.05) is 17.5 Å². The van der Waals surface area contributed by atoms with Gasteiger partial charge in [0, 0.05) is 28.9 Å². The summed E-state index contributed by atoms with van der Waals surface area (Å²) in [5, 5.41) is 2.92. The fourth-order valence-corrected chi connectivity index (χ4v) is 4.77. The van der Waals surface area contributed by atoms with Crippen molar-refractivity contribution in [2.75, 3.05) is 5.75 Å². The summed E-state index contributed by atoms with van der Waals surface area (Å²) in [4.78, 5) is 8.59. The molecule has 0 saturated heterocycles. The van der Waals surface area contributed by atoms with Crippen molar-refractivity contribution in [3.8, 4) is 21.8 Å². The maximum Gasteiger partial charge on any atom is 0.179 e. The van der Waals surface area contributed by atoms with Gasteiger partial charge in [-0.15, -0.1) is 11.3 Å². The molecule has 4 nitrogen and oxygen atoms in total. The van der Waals surface area contributed by atoms with Crippen molar-refractivity contribution in [1.82, 2.24) is 9.97 Å². The minimum atomic E-state index is -3.43. The Kier molecular flexibility index (Phi) is 4.92. The first-order valence-corrected chi connectivity index (χ1v) is 10.3. The first kappa shape index (κ1) is 17.4. The van der Waals surface area contributed by atoms with E-state index in [0.717, 1.165) is 10.6 Å². The summed E-state index contributed by atoms with van der Waals surface area (Å²) in [6.45, 7) is 1.56. The highest BCUT2D eigenvalue weighted by molar-refractivity contribution is 7.91. The SMILES string of the molecule is CCS(=O)(=O)c1ccc(-c2csc(-c3ccncc3)n2)c(Cl)c1Cl. The number of sulfone groups is 1. The van der Waals surface area contributed by atoms with E-state index in [9.17, 15) is 8.42 Å². The van der Waals surface area contributed by atoms with E-state index in [1.54, 1.807) is 25.4 Å². The highest BCUT2D eigenvalue weighted by atomic mass is 35.5. The fourth-order valence-electron chi connectivity index (χ4n) is 2.15. The second-order valence-electron chi connectivity index (χ2n) is 4.92. The Labute approximate surface area is 154 Å². The van der Waals surface area contributed by atoms with Gasteiger partial charge in [0.1, 0.15) is 5.01 Å². The third-order valence-corrected chi connectivity index (χ3v) is 7.13. The van der Waals surface area contributed by atoms with Crippen LogP contribution in [-0.4, -0.2) is 24.1 Å². The van der Waals surface area contributed by atoms with Crippen molar-refractivity contribution < 1.29 is 8.42 Å². The summed E-state index contributed by atoms with van der Waals surface area (Å²) in [6, 6.07) is 6.86. The minimum absolute atomic E-state index is 0.0364. The first-order valence-electron chi connectivity index (χ1n) is 7.01. The second kappa shape index (κ2) is 6.80. The number of halogens is 2. The molecule has 8 heteroatoms. The van der Waals surface area contributed by atoms with Crippen LogP contribution in [0.5, 0.6) is 0 Å². The minimum Gasteiger partial charge on any atom is -0.265 e. The molecule has 0 radical (unpaired) electrons. The molecule has 24 heavy (non-hydrogen) atoms. The van der Waals surface area contributed by atoms with Crippen LogP contribution in [0, 0.1) is 0 Å². The Morgan fingerprint density at radius 2 is 1.79 bits per heavy atom. The van der Waals surface area contributed by atoms with Gasteiger partial charge in [-0.1, -0.05) is 30.1 Å².